The van der Waals surface area contributed by atoms with Crippen molar-refractivity contribution in [1.82, 2.24) is 15.5 Å². The van der Waals surface area contributed by atoms with E-state index in [0.29, 0.717) is 17.9 Å². The molecule has 1 saturated carbocycles. The predicted molar refractivity (Wildman–Crippen MR) is 114 cm³/mol. The first-order chi connectivity index (χ1) is 13.7. The largest absolute Gasteiger partial charge is 0.357 e. The fourth-order valence-electron chi connectivity index (χ4n) is 4.38. The molecule has 3 rings (SSSR count). The molecule has 1 aromatic rings. The molecule has 2 amide bonds. The summed E-state index contributed by atoms with van der Waals surface area (Å²) in [6.45, 7) is 5.27. The second kappa shape index (κ2) is 10.3. The Balaban J connectivity index is 1.45. The predicted octanol–water partition coefficient (Wildman–Crippen LogP) is 3.06. The Morgan fingerprint density at radius 1 is 1.11 bits per heavy atom. The second-order valence-electron chi connectivity index (χ2n) is 8.09. The first-order valence-electron chi connectivity index (χ1n) is 10.8. The Morgan fingerprint density at radius 2 is 1.79 bits per heavy atom. The molecule has 1 aliphatic carbocycles. The fraction of sp³-hybridized carbons (Fsp3) is 0.636. The van der Waals surface area contributed by atoms with Crippen LogP contribution < -0.4 is 16.4 Å². The first-order valence-corrected chi connectivity index (χ1v) is 10.8. The summed E-state index contributed by atoms with van der Waals surface area (Å²) in [5.74, 6) is 2.29. The highest BCUT2D eigenvalue weighted by Crippen LogP contribution is 2.35. The summed E-state index contributed by atoms with van der Waals surface area (Å²) in [5.41, 5.74) is 6.86. The highest BCUT2D eigenvalue weighted by molar-refractivity contribution is 5.80. The number of likely N-dealkylation sites (tertiary alicyclic amines) is 1. The van der Waals surface area contributed by atoms with Crippen molar-refractivity contribution in [2.24, 2.45) is 16.6 Å². The molecule has 1 aromatic carbocycles. The smallest absolute Gasteiger partial charge is 0.314 e. The topological polar surface area (TPSA) is 82.8 Å². The van der Waals surface area contributed by atoms with Crippen LogP contribution in [0.25, 0.3) is 0 Å². The molecular formula is C22H35N5O. The van der Waals surface area contributed by atoms with Gasteiger partial charge in [-0.2, -0.15) is 0 Å². The van der Waals surface area contributed by atoms with Crippen molar-refractivity contribution in [3.63, 3.8) is 0 Å². The molecule has 0 aromatic heterocycles. The average Bonchev–Trinajstić information content (AvgIpc) is 2.73. The number of carbonyl (C=O) groups excluding carboxylic acids is 1. The molecule has 6 heteroatoms. The van der Waals surface area contributed by atoms with Crippen LogP contribution in [0.2, 0.25) is 0 Å². The van der Waals surface area contributed by atoms with Gasteiger partial charge in [0.25, 0.3) is 0 Å². The summed E-state index contributed by atoms with van der Waals surface area (Å²) in [6.07, 6.45) is 6.85. The van der Waals surface area contributed by atoms with Crippen molar-refractivity contribution >= 4 is 12.0 Å². The molecule has 0 atom stereocenters. The summed E-state index contributed by atoms with van der Waals surface area (Å²) in [6, 6.07) is 10.9. The molecule has 0 bridgehead atoms. The number of urea groups is 1. The quantitative estimate of drug-likeness (QED) is 0.538. The Kier molecular flexibility index (Phi) is 7.57. The monoisotopic (exact) mass is 385 g/mol. The molecule has 6 nitrogen and oxygen atoms in total. The van der Waals surface area contributed by atoms with Crippen molar-refractivity contribution in [3.8, 4) is 0 Å². The molecule has 2 fully saturated rings. The zero-order valence-electron chi connectivity index (χ0n) is 17.1. The third-order valence-corrected chi connectivity index (χ3v) is 6.12. The van der Waals surface area contributed by atoms with Crippen LogP contribution in [0.4, 0.5) is 4.79 Å². The summed E-state index contributed by atoms with van der Waals surface area (Å²) in [7, 11) is 0. The lowest BCUT2D eigenvalue weighted by Gasteiger charge is -2.32. The van der Waals surface area contributed by atoms with Crippen molar-refractivity contribution in [2.75, 3.05) is 26.2 Å². The lowest BCUT2D eigenvalue weighted by Crippen LogP contribution is -2.50. The molecule has 1 aliphatic heterocycles. The van der Waals surface area contributed by atoms with E-state index < -0.39 is 0 Å². The summed E-state index contributed by atoms with van der Waals surface area (Å²) in [5, 5.41) is 6.92. The number of amides is 2. The van der Waals surface area contributed by atoms with Crippen molar-refractivity contribution in [1.29, 1.82) is 0 Å². The van der Waals surface area contributed by atoms with E-state index in [1.807, 2.05) is 0 Å². The number of nitrogens with zero attached hydrogens (tertiary/aromatic N) is 2. The second-order valence-corrected chi connectivity index (χ2v) is 8.09. The number of primary amides is 1. The molecule has 0 radical (unpaired) electrons. The average molecular weight is 386 g/mol. The minimum atomic E-state index is -0.315. The molecule has 1 saturated heterocycles. The maximum atomic E-state index is 11.3. The van der Waals surface area contributed by atoms with E-state index in [9.17, 15) is 4.79 Å². The lowest BCUT2D eigenvalue weighted by molar-refractivity contribution is 0.188. The standard InChI is InChI=1S/C22H35N5O/c1-2-24-22(26-20-12-14-27(15-13-20)21(23)28)25-16-17-8-10-19(11-9-17)18-6-4-3-5-7-18/h3-7,17,19-20H,2,8-16H2,1H3,(H2,23,28)(H2,24,25,26). The van der Waals surface area contributed by atoms with Gasteiger partial charge in [-0.3, -0.25) is 4.99 Å². The summed E-state index contributed by atoms with van der Waals surface area (Å²) < 4.78 is 0. The molecule has 2 aliphatic rings. The Hall–Kier alpha value is -2.24. The van der Waals surface area contributed by atoms with E-state index in [4.69, 9.17) is 10.7 Å². The van der Waals surface area contributed by atoms with Gasteiger partial charge in [-0.05, 0) is 62.8 Å². The van der Waals surface area contributed by atoms with E-state index in [1.54, 1.807) is 4.90 Å². The van der Waals surface area contributed by atoms with Gasteiger partial charge in [0.15, 0.2) is 5.96 Å². The molecule has 0 spiro atoms. The lowest BCUT2D eigenvalue weighted by atomic mass is 9.79. The first kappa shape index (κ1) is 20.5. The number of aliphatic imine (C=N–C) groups is 1. The van der Waals surface area contributed by atoms with Gasteiger partial charge < -0.3 is 21.3 Å². The van der Waals surface area contributed by atoms with Gasteiger partial charge >= 0.3 is 6.03 Å². The number of nitrogens with two attached hydrogens (primary N) is 1. The number of rotatable bonds is 5. The molecule has 154 valence electrons. The van der Waals surface area contributed by atoms with Crippen LogP contribution in [0.1, 0.15) is 56.9 Å². The zero-order chi connectivity index (χ0) is 19.8. The van der Waals surface area contributed by atoms with E-state index >= 15 is 0 Å². The molecule has 1 heterocycles. The van der Waals surface area contributed by atoms with Gasteiger partial charge in [0.05, 0.1) is 0 Å². The van der Waals surface area contributed by atoms with Gasteiger partial charge in [0.2, 0.25) is 0 Å². The SMILES string of the molecule is CCNC(=NCC1CCC(c2ccccc2)CC1)NC1CCN(C(N)=O)CC1. The number of benzene rings is 1. The van der Waals surface area contributed by atoms with Crippen molar-refractivity contribution < 1.29 is 4.79 Å². The van der Waals surface area contributed by atoms with Gasteiger partial charge in [0, 0.05) is 32.2 Å². The van der Waals surface area contributed by atoms with Crippen LogP contribution in [0.5, 0.6) is 0 Å². The fourth-order valence-corrected chi connectivity index (χ4v) is 4.38. The number of hydrogen-bond acceptors (Lipinski definition) is 2. The number of nitrogens with one attached hydrogen (secondary N) is 2. The van der Waals surface area contributed by atoms with E-state index in [1.165, 1.54) is 31.2 Å². The summed E-state index contributed by atoms with van der Waals surface area (Å²) >= 11 is 0. The maximum Gasteiger partial charge on any atom is 0.314 e. The Morgan fingerprint density at radius 3 is 2.39 bits per heavy atom. The van der Waals surface area contributed by atoms with Crippen LogP contribution >= 0.6 is 0 Å². The van der Waals surface area contributed by atoms with Crippen LogP contribution in [-0.2, 0) is 0 Å². The Bertz CT molecular complexity index is 632. The van der Waals surface area contributed by atoms with Gasteiger partial charge in [0.1, 0.15) is 0 Å². The van der Waals surface area contributed by atoms with Crippen molar-refractivity contribution in [3.05, 3.63) is 35.9 Å². The maximum absolute atomic E-state index is 11.3. The highest BCUT2D eigenvalue weighted by atomic mass is 16.2. The number of guanidine groups is 1. The zero-order valence-corrected chi connectivity index (χ0v) is 17.1. The van der Waals surface area contributed by atoms with Crippen LogP contribution in [0.3, 0.4) is 0 Å². The van der Waals surface area contributed by atoms with Gasteiger partial charge in [-0.15, -0.1) is 0 Å². The number of piperidine rings is 1. The normalized spacial score (nSPS) is 24.0. The molecule has 0 unspecified atom stereocenters. The molecular weight excluding hydrogens is 350 g/mol. The van der Waals surface area contributed by atoms with Crippen molar-refractivity contribution in [2.45, 2.75) is 57.4 Å². The van der Waals surface area contributed by atoms with Gasteiger partial charge in [-0.25, -0.2) is 4.79 Å². The molecule has 4 N–H and O–H groups in total. The van der Waals surface area contributed by atoms with E-state index in [-0.39, 0.29) is 6.03 Å². The number of carbonyl (C=O) groups is 1. The highest BCUT2D eigenvalue weighted by Gasteiger charge is 2.23. The third-order valence-electron chi connectivity index (χ3n) is 6.12. The molecule has 28 heavy (non-hydrogen) atoms. The van der Waals surface area contributed by atoms with Crippen LogP contribution in [0, 0.1) is 5.92 Å². The third kappa shape index (κ3) is 5.88. The Labute approximate surface area is 169 Å². The number of hydrogen-bond donors (Lipinski definition) is 3. The van der Waals surface area contributed by atoms with Gasteiger partial charge in [-0.1, -0.05) is 30.3 Å². The summed E-state index contributed by atoms with van der Waals surface area (Å²) in [4.78, 5) is 17.9. The van der Waals surface area contributed by atoms with E-state index in [2.05, 4.69) is 47.9 Å². The minimum Gasteiger partial charge on any atom is -0.357 e. The van der Waals surface area contributed by atoms with Crippen LogP contribution in [-0.4, -0.2) is 49.1 Å². The van der Waals surface area contributed by atoms with E-state index in [0.717, 1.165) is 45.0 Å². The van der Waals surface area contributed by atoms with Crippen LogP contribution in [0.15, 0.2) is 35.3 Å². The minimum absolute atomic E-state index is 0.315.